The Morgan fingerprint density at radius 2 is 1.38 bits per heavy atom. The molecule has 80 valence electrons. The molecule has 0 bridgehead atoms. The van der Waals surface area contributed by atoms with Gasteiger partial charge in [0.1, 0.15) is 0 Å². The van der Waals surface area contributed by atoms with Crippen LogP contribution in [0.5, 0.6) is 0 Å². The molecule has 0 aliphatic carbocycles. The second-order valence-electron chi connectivity index (χ2n) is 4.57. The van der Waals surface area contributed by atoms with Gasteiger partial charge in [0.15, 0.2) is 0 Å². The molecule has 13 heavy (non-hydrogen) atoms. The van der Waals surface area contributed by atoms with Crippen LogP contribution in [-0.4, -0.2) is 5.54 Å². The van der Waals surface area contributed by atoms with Crippen molar-refractivity contribution in [3.05, 3.63) is 0 Å². The van der Waals surface area contributed by atoms with Crippen molar-refractivity contribution in [1.29, 1.82) is 0 Å². The molecule has 0 aliphatic rings. The summed E-state index contributed by atoms with van der Waals surface area (Å²) in [6.45, 7) is 6.68. The van der Waals surface area contributed by atoms with Crippen LogP contribution in [0.25, 0.3) is 0 Å². The van der Waals surface area contributed by atoms with Gasteiger partial charge in [-0.05, 0) is 19.8 Å². The molecule has 0 saturated carbocycles. The summed E-state index contributed by atoms with van der Waals surface area (Å²) < 4.78 is 0. The molecular weight excluding hydrogens is 158 g/mol. The van der Waals surface area contributed by atoms with Crippen molar-refractivity contribution < 1.29 is 0 Å². The molecule has 1 atom stereocenters. The van der Waals surface area contributed by atoms with E-state index in [0.717, 1.165) is 0 Å². The van der Waals surface area contributed by atoms with Crippen molar-refractivity contribution in [2.24, 2.45) is 5.73 Å². The normalized spacial score (nSPS) is 15.7. The first-order chi connectivity index (χ1) is 6.12. The number of hydrogen-bond acceptors (Lipinski definition) is 1. The number of hydrogen-bond donors (Lipinski definition) is 1. The van der Waals surface area contributed by atoms with Crippen molar-refractivity contribution in [3.63, 3.8) is 0 Å². The molecule has 0 saturated heterocycles. The van der Waals surface area contributed by atoms with Gasteiger partial charge in [0.25, 0.3) is 0 Å². The van der Waals surface area contributed by atoms with Crippen LogP contribution in [0.2, 0.25) is 0 Å². The minimum atomic E-state index is 0.101. The zero-order valence-electron chi connectivity index (χ0n) is 9.73. The predicted molar refractivity (Wildman–Crippen MR) is 60.9 cm³/mol. The minimum Gasteiger partial charge on any atom is -0.325 e. The summed E-state index contributed by atoms with van der Waals surface area (Å²) in [5, 5.41) is 0. The van der Waals surface area contributed by atoms with E-state index in [2.05, 4.69) is 20.8 Å². The third kappa shape index (κ3) is 8.29. The van der Waals surface area contributed by atoms with Gasteiger partial charge in [0.2, 0.25) is 0 Å². The highest BCUT2D eigenvalue weighted by Gasteiger charge is 2.16. The van der Waals surface area contributed by atoms with Gasteiger partial charge in [-0.15, -0.1) is 0 Å². The first-order valence-electron chi connectivity index (χ1n) is 5.91. The van der Waals surface area contributed by atoms with Gasteiger partial charge in [-0.25, -0.2) is 0 Å². The fraction of sp³-hybridized carbons (Fsp3) is 1.00. The molecule has 1 heteroatoms. The van der Waals surface area contributed by atoms with Crippen LogP contribution in [0.4, 0.5) is 0 Å². The van der Waals surface area contributed by atoms with Crippen LogP contribution in [-0.2, 0) is 0 Å². The largest absolute Gasteiger partial charge is 0.325 e. The van der Waals surface area contributed by atoms with E-state index < -0.39 is 0 Å². The Morgan fingerprint density at radius 3 is 1.92 bits per heavy atom. The lowest BCUT2D eigenvalue weighted by molar-refractivity contribution is 0.370. The van der Waals surface area contributed by atoms with Crippen LogP contribution in [0, 0.1) is 0 Å². The van der Waals surface area contributed by atoms with E-state index in [1.807, 2.05) is 0 Å². The van der Waals surface area contributed by atoms with Crippen molar-refractivity contribution >= 4 is 0 Å². The molecule has 0 heterocycles. The van der Waals surface area contributed by atoms with Crippen LogP contribution in [0.15, 0.2) is 0 Å². The molecule has 2 N–H and O–H groups in total. The van der Waals surface area contributed by atoms with E-state index in [1.165, 1.54) is 51.4 Å². The summed E-state index contributed by atoms with van der Waals surface area (Å²) in [4.78, 5) is 0. The average Bonchev–Trinajstić information content (AvgIpc) is 2.09. The zero-order valence-corrected chi connectivity index (χ0v) is 9.73. The first kappa shape index (κ1) is 13.0. The van der Waals surface area contributed by atoms with Gasteiger partial charge < -0.3 is 5.73 Å². The zero-order chi connectivity index (χ0) is 10.2. The molecule has 0 fully saturated rings. The van der Waals surface area contributed by atoms with Gasteiger partial charge in [-0.3, -0.25) is 0 Å². The Labute approximate surface area is 84.1 Å². The van der Waals surface area contributed by atoms with E-state index in [4.69, 9.17) is 5.73 Å². The lowest BCUT2D eigenvalue weighted by Gasteiger charge is -2.24. The quantitative estimate of drug-likeness (QED) is 0.571. The molecule has 1 unspecified atom stereocenters. The molecule has 0 aromatic heterocycles. The first-order valence-corrected chi connectivity index (χ1v) is 5.91. The predicted octanol–water partition coefficient (Wildman–Crippen LogP) is 3.86. The summed E-state index contributed by atoms with van der Waals surface area (Å²) in [5.41, 5.74) is 6.29. The van der Waals surface area contributed by atoms with Gasteiger partial charge in [-0.1, -0.05) is 52.4 Å². The number of nitrogens with two attached hydrogens (primary N) is 1. The van der Waals surface area contributed by atoms with E-state index in [0.29, 0.717) is 0 Å². The topological polar surface area (TPSA) is 26.0 Å². The smallest absolute Gasteiger partial charge is 0.0125 e. The Bertz CT molecular complexity index is 108. The summed E-state index contributed by atoms with van der Waals surface area (Å²) in [7, 11) is 0. The van der Waals surface area contributed by atoms with Gasteiger partial charge in [0.05, 0.1) is 0 Å². The van der Waals surface area contributed by atoms with Crippen molar-refractivity contribution in [3.8, 4) is 0 Å². The molecule has 0 rings (SSSR count). The molecule has 0 spiro atoms. The molecule has 0 aromatic rings. The summed E-state index contributed by atoms with van der Waals surface area (Å²) in [6, 6.07) is 0. The molecule has 1 nitrogen and oxygen atoms in total. The maximum atomic E-state index is 6.19. The molecule has 0 radical (unpaired) electrons. The molecule has 0 amide bonds. The second kappa shape index (κ2) is 7.37. The van der Waals surface area contributed by atoms with Gasteiger partial charge >= 0.3 is 0 Å². The number of unbranched alkanes of at least 4 members (excludes halogenated alkanes) is 4. The van der Waals surface area contributed by atoms with Gasteiger partial charge in [-0.2, -0.15) is 0 Å². The van der Waals surface area contributed by atoms with Gasteiger partial charge in [0, 0.05) is 5.54 Å². The maximum Gasteiger partial charge on any atom is 0.0125 e. The van der Waals surface area contributed by atoms with Crippen molar-refractivity contribution in [2.75, 3.05) is 0 Å². The highest BCUT2D eigenvalue weighted by Crippen LogP contribution is 2.18. The fourth-order valence-corrected chi connectivity index (χ4v) is 1.66. The monoisotopic (exact) mass is 185 g/mol. The SMILES string of the molecule is CCCCCCC(C)(N)CCCC. The fourth-order valence-electron chi connectivity index (χ4n) is 1.66. The Hall–Kier alpha value is -0.0400. The Morgan fingerprint density at radius 1 is 0.846 bits per heavy atom. The lowest BCUT2D eigenvalue weighted by Crippen LogP contribution is -2.35. The Kier molecular flexibility index (Phi) is 7.35. The maximum absolute atomic E-state index is 6.19. The van der Waals surface area contributed by atoms with Crippen LogP contribution >= 0.6 is 0 Å². The van der Waals surface area contributed by atoms with E-state index in [-0.39, 0.29) is 5.54 Å². The van der Waals surface area contributed by atoms with Crippen LogP contribution in [0.1, 0.15) is 72.1 Å². The van der Waals surface area contributed by atoms with Crippen LogP contribution in [0.3, 0.4) is 0 Å². The molecule has 0 aliphatic heterocycles. The van der Waals surface area contributed by atoms with E-state index in [1.54, 1.807) is 0 Å². The van der Waals surface area contributed by atoms with Crippen molar-refractivity contribution in [1.82, 2.24) is 0 Å². The summed E-state index contributed by atoms with van der Waals surface area (Å²) >= 11 is 0. The van der Waals surface area contributed by atoms with E-state index in [9.17, 15) is 0 Å². The minimum absolute atomic E-state index is 0.101. The number of rotatable bonds is 8. The Balaban J connectivity index is 3.39. The second-order valence-corrected chi connectivity index (χ2v) is 4.57. The highest BCUT2D eigenvalue weighted by molar-refractivity contribution is 4.77. The van der Waals surface area contributed by atoms with Crippen LogP contribution < -0.4 is 5.73 Å². The molecular formula is C12H27N. The average molecular weight is 185 g/mol. The summed E-state index contributed by atoms with van der Waals surface area (Å²) in [5.74, 6) is 0. The highest BCUT2D eigenvalue weighted by atomic mass is 14.7. The standard InChI is InChI=1S/C12H27N/c1-4-6-8-9-11-12(3,13)10-7-5-2/h4-11,13H2,1-3H3. The third-order valence-corrected chi connectivity index (χ3v) is 2.70. The summed E-state index contributed by atoms with van der Waals surface area (Å²) in [6.07, 6.45) is 10.3. The van der Waals surface area contributed by atoms with Crippen molar-refractivity contribution in [2.45, 2.75) is 77.7 Å². The third-order valence-electron chi connectivity index (χ3n) is 2.70. The van der Waals surface area contributed by atoms with E-state index >= 15 is 0 Å². The molecule has 0 aromatic carbocycles. The lowest BCUT2D eigenvalue weighted by atomic mass is 9.90.